The van der Waals surface area contributed by atoms with Crippen molar-refractivity contribution >= 4 is 5.96 Å². The highest BCUT2D eigenvalue weighted by molar-refractivity contribution is 5.80. The lowest BCUT2D eigenvalue weighted by molar-refractivity contribution is -0.0453. The number of hydrogen-bond donors (Lipinski definition) is 2. The lowest BCUT2D eigenvalue weighted by Gasteiger charge is -2.39. The van der Waals surface area contributed by atoms with Gasteiger partial charge in [0.05, 0.1) is 12.7 Å². The number of benzene rings is 1. The van der Waals surface area contributed by atoms with Gasteiger partial charge in [0.25, 0.3) is 0 Å². The third kappa shape index (κ3) is 5.50. The molecule has 0 aromatic heterocycles. The fourth-order valence-electron chi connectivity index (χ4n) is 5.01. The van der Waals surface area contributed by atoms with Crippen molar-refractivity contribution in [2.75, 3.05) is 39.8 Å². The van der Waals surface area contributed by atoms with E-state index in [4.69, 9.17) is 4.74 Å². The summed E-state index contributed by atoms with van der Waals surface area (Å²) in [4.78, 5) is 9.64. The molecule has 4 rings (SSSR count). The highest BCUT2D eigenvalue weighted by atomic mass is 16.5. The molecule has 0 saturated carbocycles. The van der Waals surface area contributed by atoms with Crippen molar-refractivity contribution in [1.29, 1.82) is 0 Å². The zero-order valence-corrected chi connectivity index (χ0v) is 18.0. The number of nitrogens with zero attached hydrogens (tertiary/aromatic N) is 3. The average Bonchev–Trinajstić information content (AvgIpc) is 3.21. The van der Waals surface area contributed by atoms with E-state index in [0.29, 0.717) is 18.1 Å². The molecule has 3 aliphatic heterocycles. The SMILES string of the molecule is CN=C(NCC1CN2CCCC2CO1)NC1CCN(Cc2ccccc2)C(C)C1. The molecule has 6 heteroatoms. The van der Waals surface area contributed by atoms with Gasteiger partial charge in [0, 0.05) is 51.4 Å². The third-order valence-corrected chi connectivity index (χ3v) is 6.77. The van der Waals surface area contributed by atoms with E-state index in [1.165, 1.54) is 24.9 Å². The van der Waals surface area contributed by atoms with Gasteiger partial charge in [0.2, 0.25) is 0 Å². The maximum absolute atomic E-state index is 6.07. The summed E-state index contributed by atoms with van der Waals surface area (Å²) in [6, 6.07) is 12.5. The van der Waals surface area contributed by atoms with E-state index in [1.54, 1.807) is 0 Å². The van der Waals surface area contributed by atoms with E-state index in [1.807, 2.05) is 7.05 Å². The molecule has 0 bridgehead atoms. The van der Waals surface area contributed by atoms with Gasteiger partial charge in [0.1, 0.15) is 0 Å². The number of morpholine rings is 1. The summed E-state index contributed by atoms with van der Waals surface area (Å²) in [5, 5.41) is 7.16. The van der Waals surface area contributed by atoms with Crippen molar-refractivity contribution in [2.24, 2.45) is 4.99 Å². The van der Waals surface area contributed by atoms with Gasteiger partial charge >= 0.3 is 0 Å². The largest absolute Gasteiger partial charge is 0.373 e. The summed E-state index contributed by atoms with van der Waals surface area (Å²) in [7, 11) is 1.86. The number of aliphatic imine (C=N–C) groups is 1. The second-order valence-corrected chi connectivity index (χ2v) is 8.87. The van der Waals surface area contributed by atoms with Crippen LogP contribution in [-0.2, 0) is 11.3 Å². The van der Waals surface area contributed by atoms with Crippen LogP contribution in [0.25, 0.3) is 0 Å². The van der Waals surface area contributed by atoms with Crippen LogP contribution < -0.4 is 10.6 Å². The van der Waals surface area contributed by atoms with Crippen molar-refractivity contribution in [3.05, 3.63) is 35.9 Å². The standard InChI is InChI=1S/C23H37N5O/c1-18-13-20(10-12-27(18)15-19-7-4-3-5-8-19)26-23(24-2)25-14-22-16-28-11-6-9-21(28)17-29-22/h3-5,7-8,18,20-22H,6,9-17H2,1-2H3,(H2,24,25,26). The normalized spacial score (nSPS) is 31.4. The lowest BCUT2D eigenvalue weighted by Crippen LogP contribution is -2.54. The molecule has 0 spiro atoms. The number of nitrogens with one attached hydrogen (secondary N) is 2. The Kier molecular flexibility index (Phi) is 7.06. The summed E-state index contributed by atoms with van der Waals surface area (Å²) in [5.41, 5.74) is 1.40. The van der Waals surface area contributed by atoms with Gasteiger partial charge in [0.15, 0.2) is 5.96 Å². The first kappa shape index (κ1) is 20.6. The predicted octanol–water partition coefficient (Wildman–Crippen LogP) is 2.07. The van der Waals surface area contributed by atoms with Crippen molar-refractivity contribution in [3.8, 4) is 0 Å². The molecule has 0 amide bonds. The Balaban J connectivity index is 1.20. The fourth-order valence-corrected chi connectivity index (χ4v) is 5.01. The van der Waals surface area contributed by atoms with Crippen molar-refractivity contribution in [3.63, 3.8) is 0 Å². The molecule has 3 heterocycles. The minimum atomic E-state index is 0.259. The molecule has 1 aromatic rings. The summed E-state index contributed by atoms with van der Waals surface area (Å²) in [6.07, 6.45) is 5.16. The smallest absolute Gasteiger partial charge is 0.191 e. The third-order valence-electron chi connectivity index (χ3n) is 6.77. The minimum Gasteiger partial charge on any atom is -0.373 e. The Bertz CT molecular complexity index is 666. The van der Waals surface area contributed by atoms with Crippen molar-refractivity contribution < 1.29 is 4.74 Å². The molecule has 0 aliphatic carbocycles. The van der Waals surface area contributed by atoms with Crippen LogP contribution in [-0.4, -0.2) is 79.8 Å². The number of piperidine rings is 1. The van der Waals surface area contributed by atoms with E-state index in [9.17, 15) is 0 Å². The van der Waals surface area contributed by atoms with Gasteiger partial charge < -0.3 is 15.4 Å². The molecule has 29 heavy (non-hydrogen) atoms. The van der Waals surface area contributed by atoms with Crippen molar-refractivity contribution in [1.82, 2.24) is 20.4 Å². The second-order valence-electron chi connectivity index (χ2n) is 8.87. The number of fused-ring (bicyclic) bond motifs is 1. The van der Waals surface area contributed by atoms with Crippen LogP contribution in [0.2, 0.25) is 0 Å². The minimum absolute atomic E-state index is 0.259. The molecule has 3 saturated heterocycles. The molecule has 6 nitrogen and oxygen atoms in total. The molecule has 3 aliphatic rings. The number of guanidine groups is 1. The molecular weight excluding hydrogens is 362 g/mol. The molecule has 4 atom stereocenters. The Hall–Kier alpha value is -1.63. The Labute approximate surface area is 175 Å². The van der Waals surface area contributed by atoms with Crippen molar-refractivity contribution in [2.45, 2.75) is 63.4 Å². The monoisotopic (exact) mass is 399 g/mol. The highest BCUT2D eigenvalue weighted by Crippen LogP contribution is 2.22. The highest BCUT2D eigenvalue weighted by Gasteiger charge is 2.32. The Morgan fingerprint density at radius 3 is 2.86 bits per heavy atom. The molecule has 4 unspecified atom stereocenters. The summed E-state index contributed by atoms with van der Waals surface area (Å²) in [5.74, 6) is 0.908. The zero-order valence-electron chi connectivity index (χ0n) is 18.0. The van der Waals surface area contributed by atoms with Crippen LogP contribution >= 0.6 is 0 Å². The van der Waals surface area contributed by atoms with E-state index in [0.717, 1.165) is 51.6 Å². The van der Waals surface area contributed by atoms with Gasteiger partial charge in [-0.3, -0.25) is 14.8 Å². The van der Waals surface area contributed by atoms with Gasteiger partial charge in [-0.25, -0.2) is 0 Å². The van der Waals surface area contributed by atoms with Gasteiger partial charge in [-0.2, -0.15) is 0 Å². The first-order chi connectivity index (χ1) is 14.2. The molecule has 3 fully saturated rings. The maximum Gasteiger partial charge on any atom is 0.191 e. The maximum atomic E-state index is 6.07. The van der Waals surface area contributed by atoms with E-state index >= 15 is 0 Å². The second kappa shape index (κ2) is 9.92. The molecule has 160 valence electrons. The quantitative estimate of drug-likeness (QED) is 0.586. The van der Waals surface area contributed by atoms with Gasteiger partial charge in [-0.15, -0.1) is 0 Å². The summed E-state index contributed by atoms with van der Waals surface area (Å²) >= 11 is 0. The Morgan fingerprint density at radius 2 is 2.07 bits per heavy atom. The van der Waals surface area contributed by atoms with Crippen LogP contribution in [0.15, 0.2) is 35.3 Å². The van der Waals surface area contributed by atoms with Crippen LogP contribution in [0.1, 0.15) is 38.2 Å². The molecule has 2 N–H and O–H groups in total. The molecular formula is C23H37N5O. The number of rotatable bonds is 5. The zero-order chi connectivity index (χ0) is 20.1. The molecule has 1 aromatic carbocycles. The lowest BCUT2D eigenvalue weighted by atomic mass is 9.97. The molecule has 0 radical (unpaired) electrons. The van der Waals surface area contributed by atoms with E-state index in [2.05, 4.69) is 62.7 Å². The van der Waals surface area contributed by atoms with Gasteiger partial charge in [-0.05, 0) is 44.7 Å². The average molecular weight is 400 g/mol. The number of likely N-dealkylation sites (tertiary alicyclic amines) is 1. The summed E-state index contributed by atoms with van der Waals surface area (Å²) < 4.78 is 6.07. The predicted molar refractivity (Wildman–Crippen MR) is 118 cm³/mol. The number of ether oxygens (including phenoxy) is 1. The van der Waals surface area contributed by atoms with Crippen LogP contribution in [0, 0.1) is 0 Å². The number of hydrogen-bond acceptors (Lipinski definition) is 4. The van der Waals surface area contributed by atoms with Gasteiger partial charge in [-0.1, -0.05) is 30.3 Å². The van der Waals surface area contributed by atoms with Crippen LogP contribution in [0.4, 0.5) is 0 Å². The van der Waals surface area contributed by atoms with E-state index in [-0.39, 0.29) is 6.10 Å². The van der Waals surface area contributed by atoms with Crippen LogP contribution in [0.3, 0.4) is 0 Å². The van der Waals surface area contributed by atoms with Crippen LogP contribution in [0.5, 0.6) is 0 Å². The first-order valence-corrected chi connectivity index (χ1v) is 11.3. The fraction of sp³-hybridized carbons (Fsp3) is 0.696. The van der Waals surface area contributed by atoms with E-state index < -0.39 is 0 Å². The summed E-state index contributed by atoms with van der Waals surface area (Å²) in [6.45, 7) is 8.49. The Morgan fingerprint density at radius 1 is 1.21 bits per heavy atom. The first-order valence-electron chi connectivity index (χ1n) is 11.3. The topological polar surface area (TPSA) is 52.1 Å².